The first-order valence-electron chi connectivity index (χ1n) is 16.0. The van der Waals surface area contributed by atoms with Gasteiger partial charge in [-0.05, 0) is 106 Å². The van der Waals surface area contributed by atoms with Crippen LogP contribution in [0.15, 0.2) is 69.6 Å². The lowest BCUT2D eigenvalue weighted by atomic mass is 9.77. The molecule has 47 heavy (non-hydrogen) atoms. The minimum Gasteiger partial charge on any atom is -0.748 e. The molecule has 2 heterocycles. The van der Waals surface area contributed by atoms with Crippen molar-refractivity contribution in [3.05, 3.63) is 82.6 Å². The monoisotopic (exact) mass is 685 g/mol. The molecule has 0 bridgehead atoms. The van der Waals surface area contributed by atoms with Crippen molar-refractivity contribution in [1.82, 2.24) is 4.58 Å². The largest absolute Gasteiger partial charge is 0.748 e. The number of hydrogen-bond donors (Lipinski definition) is 2. The standard InChI is InChI=1S/C35H47N3O7S2/c1-7-37(8-2)25-14-16-28-29(34(3,4)5)23-26(45-32(28)22-25)12-9-13-33-35(6,18-10-19-36)30-24-27(47(42,43)44)15-17-31(30)38(33)20-11-21-46(39,40)41/h9,12-17,22-24H,7-8,10-11,18-21,36H2,1-6H3,(H-,39,40,41,42,43,44). The van der Waals surface area contributed by atoms with Gasteiger partial charge < -0.3 is 19.6 Å². The molecule has 12 heteroatoms. The molecule has 0 saturated carbocycles. The molecule has 1 aromatic carbocycles. The molecular formula is C35H47N3O7S2. The van der Waals surface area contributed by atoms with Gasteiger partial charge in [-0.2, -0.15) is 8.42 Å². The van der Waals surface area contributed by atoms with Gasteiger partial charge in [0.2, 0.25) is 5.36 Å². The third-order valence-electron chi connectivity index (χ3n) is 8.89. The lowest BCUT2D eigenvalue weighted by Gasteiger charge is -2.30. The highest BCUT2D eigenvalue weighted by atomic mass is 32.2. The van der Waals surface area contributed by atoms with Crippen molar-refractivity contribution in [3.63, 3.8) is 0 Å². The van der Waals surface area contributed by atoms with Crippen molar-refractivity contribution >= 4 is 32.0 Å². The van der Waals surface area contributed by atoms with Crippen molar-refractivity contribution in [1.29, 1.82) is 0 Å². The molecule has 1 atom stereocenters. The summed E-state index contributed by atoms with van der Waals surface area (Å²) < 4.78 is 77.1. The van der Waals surface area contributed by atoms with E-state index in [9.17, 15) is 25.9 Å². The first-order chi connectivity index (χ1) is 21.9. The molecule has 0 aromatic heterocycles. The number of benzene rings is 2. The predicted molar refractivity (Wildman–Crippen MR) is 186 cm³/mol. The minimum absolute atomic E-state index is 0.0726. The molecular weight excluding hydrogens is 639 g/mol. The Hall–Kier alpha value is -3.29. The van der Waals surface area contributed by atoms with Crippen LogP contribution < -0.4 is 20.6 Å². The summed E-state index contributed by atoms with van der Waals surface area (Å²) in [5.41, 5.74) is 9.32. The van der Waals surface area contributed by atoms with Gasteiger partial charge in [0.1, 0.15) is 24.6 Å². The lowest BCUT2D eigenvalue weighted by Crippen LogP contribution is -2.30. The molecule has 1 aromatic rings. The number of hydrogen-bond acceptors (Lipinski definition) is 8. The molecule has 10 nitrogen and oxygen atoms in total. The van der Waals surface area contributed by atoms with Crippen LogP contribution >= 0.6 is 0 Å². The first-order valence-corrected chi connectivity index (χ1v) is 19.0. The van der Waals surface area contributed by atoms with Crippen molar-refractivity contribution in [2.75, 3.05) is 36.8 Å². The molecule has 0 amide bonds. The van der Waals surface area contributed by atoms with Gasteiger partial charge in [-0.3, -0.25) is 4.55 Å². The number of fused-ring (bicyclic) bond motifs is 2. The number of anilines is 1. The second kappa shape index (κ2) is 14.1. The Morgan fingerprint density at radius 2 is 1.74 bits per heavy atom. The third-order valence-corrected chi connectivity index (χ3v) is 10.5. The van der Waals surface area contributed by atoms with Crippen LogP contribution in [0.1, 0.15) is 77.7 Å². The molecule has 3 aliphatic rings. The molecule has 4 rings (SSSR count). The fourth-order valence-corrected chi connectivity index (χ4v) is 7.46. The van der Waals surface area contributed by atoms with E-state index in [4.69, 9.17) is 10.2 Å². The van der Waals surface area contributed by atoms with Gasteiger partial charge in [-0.1, -0.05) is 26.8 Å². The Morgan fingerprint density at radius 3 is 2.34 bits per heavy atom. The van der Waals surface area contributed by atoms with Crippen LogP contribution in [0, 0.1) is 0 Å². The average molecular weight is 686 g/mol. The van der Waals surface area contributed by atoms with Crippen molar-refractivity contribution in [3.8, 4) is 11.3 Å². The van der Waals surface area contributed by atoms with E-state index in [1.807, 2.05) is 36.1 Å². The Balaban J connectivity index is 1.88. The Bertz CT molecular complexity index is 1930. The zero-order valence-electron chi connectivity index (χ0n) is 28.1. The van der Waals surface area contributed by atoms with Gasteiger partial charge in [0.15, 0.2) is 0 Å². The van der Waals surface area contributed by atoms with Gasteiger partial charge in [0, 0.05) is 40.7 Å². The molecule has 256 valence electrons. The summed E-state index contributed by atoms with van der Waals surface area (Å²) >= 11 is 0. The summed E-state index contributed by atoms with van der Waals surface area (Å²) in [6.45, 7) is 15.1. The molecule has 0 fully saturated rings. The van der Waals surface area contributed by atoms with Gasteiger partial charge in [-0.15, -0.1) is 0 Å². The SMILES string of the molecule is CC[N+](CC)=c1ccc2c(C(C)(C)C)cc(/C=C/C=C3/N(CCCS(=O)(=O)[O-])c4ccc(S(=O)(=O)O)cc4C3(C)CCCN)oc-2c1. The van der Waals surface area contributed by atoms with E-state index in [0.29, 0.717) is 36.4 Å². The molecule has 0 spiro atoms. The van der Waals surface area contributed by atoms with Crippen molar-refractivity contribution in [2.24, 2.45) is 5.73 Å². The number of nitrogens with two attached hydrogens (primary N) is 1. The van der Waals surface area contributed by atoms with E-state index < -0.39 is 31.4 Å². The topological polar surface area (TPSA) is 157 Å². The van der Waals surface area contributed by atoms with Crippen LogP contribution in [-0.2, 0) is 31.1 Å². The number of rotatable bonds is 12. The van der Waals surface area contributed by atoms with E-state index in [1.54, 1.807) is 6.07 Å². The zero-order chi connectivity index (χ0) is 34.8. The zero-order valence-corrected chi connectivity index (χ0v) is 29.7. The second-order valence-corrected chi connectivity index (χ2v) is 16.2. The van der Waals surface area contributed by atoms with Gasteiger partial charge in [0.25, 0.3) is 10.1 Å². The third kappa shape index (κ3) is 8.24. The summed E-state index contributed by atoms with van der Waals surface area (Å²) in [5.74, 6) is 0.882. The fraction of sp³-hybridized carbons (Fsp3) is 0.457. The molecule has 2 aliphatic heterocycles. The van der Waals surface area contributed by atoms with Crippen LogP contribution in [0.25, 0.3) is 17.4 Å². The maximum absolute atomic E-state index is 12.1. The van der Waals surface area contributed by atoms with E-state index >= 15 is 0 Å². The van der Waals surface area contributed by atoms with E-state index in [0.717, 1.165) is 41.0 Å². The van der Waals surface area contributed by atoms with Gasteiger partial charge in [0.05, 0.1) is 21.1 Å². The highest BCUT2D eigenvalue weighted by Gasteiger charge is 2.43. The molecule has 1 aliphatic carbocycles. The van der Waals surface area contributed by atoms with Crippen LogP contribution in [-0.4, -0.2) is 57.9 Å². The highest BCUT2D eigenvalue weighted by molar-refractivity contribution is 7.86. The van der Waals surface area contributed by atoms with E-state index in [-0.39, 0.29) is 23.3 Å². The van der Waals surface area contributed by atoms with Gasteiger partial charge in [-0.25, -0.2) is 13.0 Å². The average Bonchev–Trinajstić information content (AvgIpc) is 3.21. The van der Waals surface area contributed by atoms with Crippen LogP contribution in [0.2, 0.25) is 0 Å². The Kier molecular flexibility index (Phi) is 10.9. The summed E-state index contributed by atoms with van der Waals surface area (Å²) in [6.07, 6.45) is 6.92. The molecule has 3 N–H and O–H groups in total. The second-order valence-electron chi connectivity index (χ2n) is 13.2. The normalized spacial score (nSPS) is 18.1. The molecule has 1 unspecified atom stereocenters. The van der Waals surface area contributed by atoms with Crippen LogP contribution in [0.3, 0.4) is 0 Å². The van der Waals surface area contributed by atoms with Crippen LogP contribution in [0.5, 0.6) is 0 Å². The summed E-state index contributed by atoms with van der Waals surface area (Å²) in [4.78, 5) is 1.69. The fourth-order valence-electron chi connectivity index (χ4n) is 6.47. The number of allylic oxidation sites excluding steroid dienone is 3. The maximum Gasteiger partial charge on any atom is 0.294 e. The number of nitrogens with zero attached hydrogens (tertiary/aromatic N) is 2. The summed E-state index contributed by atoms with van der Waals surface area (Å²) in [6, 6.07) is 12.7. The van der Waals surface area contributed by atoms with Crippen molar-refractivity contribution in [2.45, 2.75) is 76.5 Å². The Labute approximate surface area is 279 Å². The molecule has 0 saturated heterocycles. The lowest BCUT2D eigenvalue weighted by molar-refractivity contribution is 0.460. The van der Waals surface area contributed by atoms with Crippen molar-refractivity contribution < 1.29 is 30.4 Å². The van der Waals surface area contributed by atoms with Gasteiger partial charge >= 0.3 is 0 Å². The predicted octanol–water partition coefficient (Wildman–Crippen LogP) is 5.09. The maximum atomic E-state index is 12.1. The summed E-state index contributed by atoms with van der Waals surface area (Å²) in [7, 11) is -8.91. The first kappa shape index (κ1) is 36.5. The quantitative estimate of drug-likeness (QED) is 0.196. The smallest absolute Gasteiger partial charge is 0.294 e. The highest BCUT2D eigenvalue weighted by Crippen LogP contribution is 2.51. The van der Waals surface area contributed by atoms with E-state index in [1.165, 1.54) is 12.1 Å². The molecule has 0 radical (unpaired) electrons. The Morgan fingerprint density at radius 1 is 1.04 bits per heavy atom. The summed E-state index contributed by atoms with van der Waals surface area (Å²) in [5, 5.41) is 1.08. The van der Waals surface area contributed by atoms with Crippen LogP contribution in [0.4, 0.5) is 5.69 Å². The van der Waals surface area contributed by atoms with E-state index in [2.05, 4.69) is 57.4 Å². The minimum atomic E-state index is -4.48.